The Morgan fingerprint density at radius 3 is 2.43 bits per heavy atom. The van der Waals surface area contributed by atoms with E-state index in [1.165, 1.54) is 0 Å². The summed E-state index contributed by atoms with van der Waals surface area (Å²) in [4.78, 5) is 0. The first-order valence-electron chi connectivity index (χ1n) is 6.24. The number of hydrogen-bond acceptors (Lipinski definition) is 4. The van der Waals surface area contributed by atoms with E-state index >= 15 is 0 Å². The Labute approximate surface area is 133 Å². The molecule has 0 spiro atoms. The molecule has 0 saturated carbocycles. The molecule has 2 aromatic carbocycles. The first-order chi connectivity index (χ1) is 10.1. The second-order valence-electron chi connectivity index (χ2n) is 4.35. The molecule has 3 N–H and O–H groups in total. The van der Waals surface area contributed by atoms with Crippen molar-refractivity contribution in [3.8, 4) is 11.5 Å². The minimum atomic E-state index is -0.350. The maximum absolute atomic E-state index is 6.28. The van der Waals surface area contributed by atoms with Crippen LogP contribution in [0.25, 0.3) is 0 Å². The van der Waals surface area contributed by atoms with Gasteiger partial charge in [0.2, 0.25) is 0 Å². The Kier molecular flexibility index (Phi) is 5.31. The summed E-state index contributed by atoms with van der Waals surface area (Å²) in [5, 5.41) is 0.932. The van der Waals surface area contributed by atoms with Crippen molar-refractivity contribution < 1.29 is 9.47 Å². The van der Waals surface area contributed by atoms with Crippen LogP contribution in [0.1, 0.15) is 17.2 Å². The number of rotatable bonds is 5. The fourth-order valence-corrected chi connectivity index (χ4v) is 2.56. The van der Waals surface area contributed by atoms with E-state index in [1.54, 1.807) is 26.4 Å². The SMILES string of the molecule is COc1ccc(C(NN)c2cccc(Cl)c2Cl)c(OC)c1. The van der Waals surface area contributed by atoms with Gasteiger partial charge in [0.05, 0.1) is 30.3 Å². The molecule has 0 aromatic heterocycles. The van der Waals surface area contributed by atoms with Crippen molar-refractivity contribution in [2.45, 2.75) is 6.04 Å². The summed E-state index contributed by atoms with van der Waals surface area (Å²) in [5.74, 6) is 7.06. The maximum Gasteiger partial charge on any atom is 0.127 e. The van der Waals surface area contributed by atoms with Crippen molar-refractivity contribution in [1.29, 1.82) is 0 Å². The predicted molar refractivity (Wildman–Crippen MR) is 85.2 cm³/mol. The van der Waals surface area contributed by atoms with Crippen LogP contribution in [0.5, 0.6) is 11.5 Å². The van der Waals surface area contributed by atoms with Crippen molar-refractivity contribution in [1.82, 2.24) is 5.43 Å². The molecule has 4 nitrogen and oxygen atoms in total. The molecule has 21 heavy (non-hydrogen) atoms. The van der Waals surface area contributed by atoms with Crippen molar-refractivity contribution in [2.24, 2.45) is 5.84 Å². The molecule has 2 aromatic rings. The molecule has 0 saturated heterocycles. The van der Waals surface area contributed by atoms with Gasteiger partial charge < -0.3 is 9.47 Å². The normalized spacial score (nSPS) is 12.0. The molecule has 1 unspecified atom stereocenters. The number of ether oxygens (including phenoxy) is 2. The Balaban J connectivity index is 2.53. The lowest BCUT2D eigenvalue weighted by molar-refractivity contribution is 0.387. The van der Waals surface area contributed by atoms with E-state index in [1.807, 2.05) is 24.3 Å². The highest BCUT2D eigenvalue weighted by molar-refractivity contribution is 6.42. The topological polar surface area (TPSA) is 56.5 Å². The standard InChI is InChI=1S/C15H16Cl2N2O2/c1-20-9-6-7-10(13(8-9)21-2)15(19-18)11-4-3-5-12(16)14(11)17/h3-8,15,19H,18H2,1-2H3. The summed E-state index contributed by atoms with van der Waals surface area (Å²) in [7, 11) is 3.19. The molecule has 1 atom stereocenters. The van der Waals surface area contributed by atoms with Crippen molar-refractivity contribution in [2.75, 3.05) is 14.2 Å². The van der Waals surface area contributed by atoms with Crippen LogP contribution in [-0.2, 0) is 0 Å². The van der Waals surface area contributed by atoms with Crippen molar-refractivity contribution in [3.63, 3.8) is 0 Å². The number of nitrogens with one attached hydrogen (secondary N) is 1. The maximum atomic E-state index is 6.28. The van der Waals surface area contributed by atoms with E-state index in [2.05, 4.69) is 5.43 Å². The van der Waals surface area contributed by atoms with Crippen LogP contribution in [0, 0.1) is 0 Å². The third kappa shape index (κ3) is 3.24. The lowest BCUT2D eigenvalue weighted by Gasteiger charge is -2.21. The molecule has 0 heterocycles. The van der Waals surface area contributed by atoms with Crippen molar-refractivity contribution >= 4 is 23.2 Å². The number of nitrogens with two attached hydrogens (primary N) is 1. The van der Waals surface area contributed by atoms with Gasteiger partial charge in [0.25, 0.3) is 0 Å². The summed E-state index contributed by atoms with van der Waals surface area (Å²) in [5.41, 5.74) is 4.36. The highest BCUT2D eigenvalue weighted by Gasteiger charge is 2.21. The fourth-order valence-electron chi connectivity index (χ4n) is 2.15. The first kappa shape index (κ1) is 15.9. The monoisotopic (exact) mass is 326 g/mol. The molecule has 0 aliphatic carbocycles. The molecule has 0 bridgehead atoms. The van der Waals surface area contributed by atoms with Crippen LogP contribution in [0.4, 0.5) is 0 Å². The summed E-state index contributed by atoms with van der Waals surface area (Å²) >= 11 is 12.3. The number of methoxy groups -OCH3 is 2. The average Bonchev–Trinajstić information content (AvgIpc) is 2.52. The van der Waals surface area contributed by atoms with E-state index in [9.17, 15) is 0 Å². The first-order valence-corrected chi connectivity index (χ1v) is 7.00. The Morgan fingerprint density at radius 2 is 1.81 bits per heavy atom. The van der Waals surface area contributed by atoms with Crippen LogP contribution < -0.4 is 20.7 Å². The second kappa shape index (κ2) is 7.00. The molecule has 0 aliphatic rings. The lowest BCUT2D eigenvalue weighted by atomic mass is 9.98. The van der Waals surface area contributed by atoms with Gasteiger partial charge in [0.1, 0.15) is 11.5 Å². The third-order valence-electron chi connectivity index (χ3n) is 3.21. The molecule has 0 fully saturated rings. The van der Waals surface area contributed by atoms with Gasteiger partial charge in [0.15, 0.2) is 0 Å². The molecule has 6 heteroatoms. The summed E-state index contributed by atoms with van der Waals surface area (Å²) in [6.45, 7) is 0. The number of halogens is 2. The highest BCUT2D eigenvalue weighted by atomic mass is 35.5. The zero-order valence-corrected chi connectivity index (χ0v) is 13.2. The van der Waals surface area contributed by atoms with Crippen LogP contribution in [-0.4, -0.2) is 14.2 Å². The molecule has 0 amide bonds. The van der Waals surface area contributed by atoms with E-state index in [0.29, 0.717) is 21.5 Å². The minimum absolute atomic E-state index is 0.350. The smallest absolute Gasteiger partial charge is 0.127 e. The van der Waals surface area contributed by atoms with Gasteiger partial charge in [-0.2, -0.15) is 0 Å². The van der Waals surface area contributed by atoms with Crippen LogP contribution >= 0.6 is 23.2 Å². The Bertz CT molecular complexity index is 635. The second-order valence-corrected chi connectivity index (χ2v) is 5.14. The number of hydrogen-bond donors (Lipinski definition) is 2. The van der Waals surface area contributed by atoms with Gasteiger partial charge in [-0.05, 0) is 23.8 Å². The Morgan fingerprint density at radius 1 is 1.05 bits per heavy atom. The molecule has 0 aliphatic heterocycles. The Hall–Kier alpha value is -1.46. The van der Waals surface area contributed by atoms with Crippen LogP contribution in [0.2, 0.25) is 10.0 Å². The molecule has 112 valence electrons. The number of hydrazine groups is 1. The summed E-state index contributed by atoms with van der Waals surface area (Å²) in [6.07, 6.45) is 0. The van der Waals surface area contributed by atoms with E-state index in [0.717, 1.165) is 11.1 Å². The fraction of sp³-hybridized carbons (Fsp3) is 0.200. The lowest BCUT2D eigenvalue weighted by Crippen LogP contribution is -2.29. The van der Waals surface area contributed by atoms with E-state index in [-0.39, 0.29) is 6.04 Å². The van der Waals surface area contributed by atoms with Gasteiger partial charge in [-0.15, -0.1) is 0 Å². The van der Waals surface area contributed by atoms with Gasteiger partial charge >= 0.3 is 0 Å². The summed E-state index contributed by atoms with van der Waals surface area (Å²) < 4.78 is 10.6. The zero-order valence-electron chi connectivity index (χ0n) is 11.7. The minimum Gasteiger partial charge on any atom is -0.497 e. The van der Waals surface area contributed by atoms with Gasteiger partial charge in [-0.25, -0.2) is 5.43 Å². The average molecular weight is 327 g/mol. The van der Waals surface area contributed by atoms with Gasteiger partial charge in [-0.3, -0.25) is 5.84 Å². The summed E-state index contributed by atoms with van der Waals surface area (Å²) in [6, 6.07) is 10.6. The van der Waals surface area contributed by atoms with Gasteiger partial charge in [-0.1, -0.05) is 35.3 Å². The zero-order chi connectivity index (χ0) is 15.4. The predicted octanol–water partition coefficient (Wildman–Crippen LogP) is 3.56. The molecule has 0 radical (unpaired) electrons. The van der Waals surface area contributed by atoms with Crippen LogP contribution in [0.15, 0.2) is 36.4 Å². The van der Waals surface area contributed by atoms with E-state index in [4.69, 9.17) is 38.5 Å². The van der Waals surface area contributed by atoms with Gasteiger partial charge in [0, 0.05) is 11.6 Å². The number of benzene rings is 2. The molecule has 2 rings (SSSR count). The van der Waals surface area contributed by atoms with Crippen molar-refractivity contribution in [3.05, 3.63) is 57.6 Å². The quantitative estimate of drug-likeness (QED) is 0.651. The highest BCUT2D eigenvalue weighted by Crippen LogP contribution is 2.37. The third-order valence-corrected chi connectivity index (χ3v) is 4.04. The molecular formula is C15H16Cl2N2O2. The van der Waals surface area contributed by atoms with E-state index < -0.39 is 0 Å². The largest absolute Gasteiger partial charge is 0.497 e. The molecular weight excluding hydrogens is 311 g/mol. The van der Waals surface area contributed by atoms with Crippen LogP contribution in [0.3, 0.4) is 0 Å².